The molecule has 1 atom stereocenters. The van der Waals surface area contributed by atoms with Gasteiger partial charge in [-0.15, -0.1) is 0 Å². The van der Waals surface area contributed by atoms with Gasteiger partial charge >= 0.3 is 0 Å². The molecule has 28 heavy (non-hydrogen) atoms. The van der Waals surface area contributed by atoms with Crippen molar-refractivity contribution in [3.05, 3.63) is 69.9 Å². The van der Waals surface area contributed by atoms with Crippen LogP contribution in [0.2, 0.25) is 5.02 Å². The summed E-state index contributed by atoms with van der Waals surface area (Å²) in [6.45, 7) is 2.37. The smallest absolute Gasteiger partial charge is 0.255 e. The van der Waals surface area contributed by atoms with Crippen molar-refractivity contribution in [1.29, 1.82) is 0 Å². The summed E-state index contributed by atoms with van der Waals surface area (Å²) in [6.07, 6.45) is 3.99. The van der Waals surface area contributed by atoms with E-state index in [9.17, 15) is 4.79 Å². The molecular formula is C20H21ClN6O. The van der Waals surface area contributed by atoms with Crippen LogP contribution in [0.5, 0.6) is 0 Å². The van der Waals surface area contributed by atoms with E-state index in [4.69, 9.17) is 16.6 Å². The molecule has 1 N–H and O–H groups in total. The Morgan fingerprint density at radius 2 is 2.04 bits per heavy atom. The third kappa shape index (κ3) is 4.05. The standard InChI is InChI=1S/C20H21ClN6O/c1-26-19(28)11-18(17-6-7-22-13-24-17)25-20(26)27-9-8-23-16(12-27)10-14-2-4-15(21)5-3-14/h2-7,11,13,16,23H,8-10,12H2,1H3/t16-/m0/s1. The van der Waals surface area contributed by atoms with Gasteiger partial charge in [-0.1, -0.05) is 23.7 Å². The summed E-state index contributed by atoms with van der Waals surface area (Å²) in [6, 6.07) is 11.4. The predicted octanol–water partition coefficient (Wildman–Crippen LogP) is 1.91. The van der Waals surface area contributed by atoms with Crippen LogP contribution >= 0.6 is 11.6 Å². The molecule has 7 nitrogen and oxygen atoms in total. The fourth-order valence-corrected chi connectivity index (χ4v) is 3.56. The molecule has 4 rings (SSSR count). The molecule has 0 bridgehead atoms. The van der Waals surface area contributed by atoms with Gasteiger partial charge in [-0.05, 0) is 30.2 Å². The zero-order chi connectivity index (χ0) is 19.5. The summed E-state index contributed by atoms with van der Waals surface area (Å²) in [4.78, 5) is 27.5. The van der Waals surface area contributed by atoms with Crippen LogP contribution in [0.4, 0.5) is 5.95 Å². The lowest BCUT2D eigenvalue weighted by Crippen LogP contribution is -2.53. The molecule has 0 unspecified atom stereocenters. The van der Waals surface area contributed by atoms with E-state index < -0.39 is 0 Å². The lowest BCUT2D eigenvalue weighted by atomic mass is 10.0. The number of rotatable bonds is 4. The minimum absolute atomic E-state index is 0.105. The summed E-state index contributed by atoms with van der Waals surface area (Å²) in [7, 11) is 1.75. The molecule has 2 aromatic heterocycles. The lowest BCUT2D eigenvalue weighted by molar-refractivity contribution is 0.446. The maximum absolute atomic E-state index is 12.5. The monoisotopic (exact) mass is 396 g/mol. The second-order valence-corrected chi connectivity index (χ2v) is 7.30. The largest absolute Gasteiger partial charge is 0.339 e. The van der Waals surface area contributed by atoms with Gasteiger partial charge < -0.3 is 10.2 Å². The lowest BCUT2D eigenvalue weighted by Gasteiger charge is -2.35. The Morgan fingerprint density at radius 3 is 2.79 bits per heavy atom. The van der Waals surface area contributed by atoms with Crippen LogP contribution in [0.3, 0.4) is 0 Å². The van der Waals surface area contributed by atoms with Crippen LogP contribution in [-0.2, 0) is 13.5 Å². The molecule has 1 aliphatic heterocycles. The fraction of sp³-hybridized carbons (Fsp3) is 0.300. The van der Waals surface area contributed by atoms with Gasteiger partial charge in [-0.2, -0.15) is 0 Å². The van der Waals surface area contributed by atoms with Crippen molar-refractivity contribution in [2.45, 2.75) is 12.5 Å². The van der Waals surface area contributed by atoms with Crippen LogP contribution in [0.15, 0.2) is 53.7 Å². The molecule has 0 amide bonds. The van der Waals surface area contributed by atoms with Crippen molar-refractivity contribution in [2.24, 2.45) is 7.05 Å². The first-order chi connectivity index (χ1) is 13.6. The van der Waals surface area contributed by atoms with Crippen molar-refractivity contribution in [2.75, 3.05) is 24.5 Å². The van der Waals surface area contributed by atoms with Gasteiger partial charge in [0.15, 0.2) is 0 Å². The first-order valence-electron chi connectivity index (χ1n) is 9.17. The topological polar surface area (TPSA) is 75.9 Å². The number of nitrogens with one attached hydrogen (secondary N) is 1. The highest BCUT2D eigenvalue weighted by Crippen LogP contribution is 2.18. The Hall–Kier alpha value is -2.77. The highest BCUT2D eigenvalue weighted by molar-refractivity contribution is 6.30. The Morgan fingerprint density at radius 1 is 1.21 bits per heavy atom. The number of aromatic nitrogens is 4. The average molecular weight is 397 g/mol. The van der Waals surface area contributed by atoms with Crippen LogP contribution in [-0.4, -0.2) is 45.2 Å². The molecular weight excluding hydrogens is 376 g/mol. The fourth-order valence-electron chi connectivity index (χ4n) is 3.43. The Balaban J connectivity index is 1.58. The summed E-state index contributed by atoms with van der Waals surface area (Å²) in [5.74, 6) is 0.656. The summed E-state index contributed by atoms with van der Waals surface area (Å²) >= 11 is 5.98. The average Bonchev–Trinajstić information content (AvgIpc) is 2.72. The minimum atomic E-state index is -0.105. The molecule has 0 aliphatic carbocycles. The maximum Gasteiger partial charge on any atom is 0.255 e. The van der Waals surface area contributed by atoms with E-state index in [-0.39, 0.29) is 11.6 Å². The highest BCUT2D eigenvalue weighted by Gasteiger charge is 2.23. The van der Waals surface area contributed by atoms with Crippen LogP contribution < -0.4 is 15.8 Å². The van der Waals surface area contributed by atoms with Crippen molar-refractivity contribution in [1.82, 2.24) is 24.8 Å². The molecule has 8 heteroatoms. The first kappa shape index (κ1) is 18.6. The zero-order valence-electron chi connectivity index (χ0n) is 15.5. The normalized spacial score (nSPS) is 16.9. The predicted molar refractivity (Wildman–Crippen MR) is 110 cm³/mol. The van der Waals surface area contributed by atoms with Gasteiger partial charge in [0, 0.05) is 50.0 Å². The molecule has 3 heterocycles. The number of anilines is 1. The Labute approximate surface area is 168 Å². The molecule has 1 saturated heterocycles. The quantitative estimate of drug-likeness (QED) is 0.726. The molecule has 0 saturated carbocycles. The molecule has 1 fully saturated rings. The molecule has 1 aromatic carbocycles. The number of hydrogen-bond acceptors (Lipinski definition) is 6. The number of nitrogens with zero attached hydrogens (tertiary/aromatic N) is 5. The van der Waals surface area contributed by atoms with E-state index in [1.165, 1.54) is 18.0 Å². The highest BCUT2D eigenvalue weighted by atomic mass is 35.5. The maximum atomic E-state index is 12.5. The molecule has 1 aliphatic rings. The van der Waals surface area contributed by atoms with Crippen molar-refractivity contribution in [3.8, 4) is 11.4 Å². The number of benzene rings is 1. The van der Waals surface area contributed by atoms with Gasteiger partial charge in [0.05, 0.1) is 11.4 Å². The van der Waals surface area contributed by atoms with Gasteiger partial charge in [0.25, 0.3) is 5.56 Å². The van der Waals surface area contributed by atoms with E-state index in [0.717, 1.165) is 31.1 Å². The molecule has 0 radical (unpaired) electrons. The van der Waals surface area contributed by atoms with E-state index in [0.29, 0.717) is 17.3 Å². The van der Waals surface area contributed by atoms with Gasteiger partial charge in [0.2, 0.25) is 5.95 Å². The van der Waals surface area contributed by atoms with Gasteiger partial charge in [-0.3, -0.25) is 9.36 Å². The van der Waals surface area contributed by atoms with E-state index in [1.54, 1.807) is 23.9 Å². The minimum Gasteiger partial charge on any atom is -0.339 e. The summed E-state index contributed by atoms with van der Waals surface area (Å²) < 4.78 is 1.59. The van der Waals surface area contributed by atoms with Crippen molar-refractivity contribution >= 4 is 17.5 Å². The van der Waals surface area contributed by atoms with Gasteiger partial charge in [0.1, 0.15) is 6.33 Å². The van der Waals surface area contributed by atoms with Gasteiger partial charge in [-0.25, -0.2) is 15.0 Å². The van der Waals surface area contributed by atoms with Crippen LogP contribution in [0.1, 0.15) is 5.56 Å². The van der Waals surface area contributed by atoms with Crippen LogP contribution in [0.25, 0.3) is 11.4 Å². The third-order valence-corrected chi connectivity index (χ3v) is 5.14. The Bertz CT molecular complexity index is 1010. The first-order valence-corrected chi connectivity index (χ1v) is 9.55. The van der Waals surface area contributed by atoms with Crippen LogP contribution in [0, 0.1) is 0 Å². The van der Waals surface area contributed by atoms with Crippen molar-refractivity contribution < 1.29 is 0 Å². The molecule has 0 spiro atoms. The second-order valence-electron chi connectivity index (χ2n) is 6.86. The van der Waals surface area contributed by atoms with Crippen molar-refractivity contribution in [3.63, 3.8) is 0 Å². The zero-order valence-corrected chi connectivity index (χ0v) is 16.3. The van der Waals surface area contributed by atoms with E-state index >= 15 is 0 Å². The summed E-state index contributed by atoms with van der Waals surface area (Å²) in [5, 5.41) is 4.29. The van der Waals surface area contributed by atoms with E-state index in [1.807, 2.05) is 24.3 Å². The summed E-state index contributed by atoms with van der Waals surface area (Å²) in [5.41, 5.74) is 2.32. The Kier molecular flexibility index (Phi) is 5.36. The molecule has 144 valence electrons. The number of hydrogen-bond donors (Lipinski definition) is 1. The number of halogens is 1. The second kappa shape index (κ2) is 8.08. The SMILES string of the molecule is Cn1c(N2CCN[C@@H](Cc3ccc(Cl)cc3)C2)nc(-c2ccncn2)cc1=O. The molecule has 3 aromatic rings. The number of piperazine rings is 1. The van der Waals surface area contributed by atoms with E-state index in [2.05, 4.69) is 20.2 Å². The third-order valence-electron chi connectivity index (χ3n) is 4.89.